The van der Waals surface area contributed by atoms with Crippen LogP contribution in [0.4, 0.5) is 4.79 Å². The second kappa shape index (κ2) is 7.87. The summed E-state index contributed by atoms with van der Waals surface area (Å²) < 4.78 is 17.2. The third-order valence-electron chi connectivity index (χ3n) is 5.80. The number of nitrogens with zero attached hydrogens (tertiary/aromatic N) is 2. The zero-order chi connectivity index (χ0) is 19.6. The quantitative estimate of drug-likeness (QED) is 0.780. The first-order chi connectivity index (χ1) is 13.5. The highest BCUT2D eigenvalue weighted by Gasteiger charge is 2.32. The Labute approximate surface area is 163 Å². The minimum absolute atomic E-state index is 0.240. The van der Waals surface area contributed by atoms with E-state index in [1.807, 2.05) is 12.1 Å². The summed E-state index contributed by atoms with van der Waals surface area (Å²) in [6, 6.07) is 5.46. The molecule has 152 valence electrons. The Morgan fingerprint density at radius 2 is 2.00 bits per heavy atom. The summed E-state index contributed by atoms with van der Waals surface area (Å²) in [7, 11) is 0. The standard InChI is InChI=1S/C20H26N2O6/c23-19(24)22-10-6-14(7-11-22)12-26-18-17-15(4-3-5-16(17)28-21-18)27-13-20(25)8-1-2-9-20/h3-5,14,25H,1-2,6-13H2,(H,23,24). The van der Waals surface area contributed by atoms with Gasteiger partial charge in [0.25, 0.3) is 5.88 Å². The predicted octanol–water partition coefficient (Wildman–Crippen LogP) is 3.28. The summed E-state index contributed by atoms with van der Waals surface area (Å²) >= 11 is 0. The summed E-state index contributed by atoms with van der Waals surface area (Å²) in [5, 5.41) is 24.3. The number of ether oxygens (including phenoxy) is 2. The lowest BCUT2D eigenvalue weighted by molar-refractivity contribution is 0.00183. The Morgan fingerprint density at radius 3 is 2.71 bits per heavy atom. The van der Waals surface area contributed by atoms with Crippen molar-refractivity contribution in [1.82, 2.24) is 10.1 Å². The minimum atomic E-state index is -0.868. The molecule has 0 atom stereocenters. The monoisotopic (exact) mass is 390 g/mol. The molecule has 1 aromatic carbocycles. The maximum Gasteiger partial charge on any atom is 0.407 e. The van der Waals surface area contributed by atoms with Crippen LogP contribution in [0.15, 0.2) is 22.7 Å². The molecule has 1 saturated carbocycles. The predicted molar refractivity (Wildman–Crippen MR) is 101 cm³/mol. The van der Waals surface area contributed by atoms with Crippen LogP contribution in [-0.4, -0.2) is 58.3 Å². The van der Waals surface area contributed by atoms with Gasteiger partial charge in [-0.3, -0.25) is 0 Å². The van der Waals surface area contributed by atoms with Crippen LogP contribution >= 0.6 is 0 Å². The molecule has 2 heterocycles. The lowest BCUT2D eigenvalue weighted by Gasteiger charge is -2.29. The van der Waals surface area contributed by atoms with Crippen LogP contribution in [0.3, 0.4) is 0 Å². The summed E-state index contributed by atoms with van der Waals surface area (Å²) in [5.41, 5.74) is -0.190. The van der Waals surface area contributed by atoms with Gasteiger partial charge in [-0.15, -0.1) is 0 Å². The number of carbonyl (C=O) groups is 1. The van der Waals surface area contributed by atoms with Crippen LogP contribution in [0, 0.1) is 5.92 Å². The highest BCUT2D eigenvalue weighted by Crippen LogP contribution is 2.36. The normalized spacial score (nSPS) is 19.8. The van der Waals surface area contributed by atoms with Crippen molar-refractivity contribution in [3.63, 3.8) is 0 Å². The molecule has 8 heteroatoms. The lowest BCUT2D eigenvalue weighted by Crippen LogP contribution is -2.38. The van der Waals surface area contributed by atoms with E-state index < -0.39 is 11.7 Å². The van der Waals surface area contributed by atoms with Gasteiger partial charge in [0.05, 0.1) is 12.2 Å². The fraction of sp³-hybridized carbons (Fsp3) is 0.600. The number of hydrogen-bond donors (Lipinski definition) is 2. The molecule has 1 aliphatic carbocycles. The van der Waals surface area contributed by atoms with Gasteiger partial charge >= 0.3 is 6.09 Å². The van der Waals surface area contributed by atoms with Gasteiger partial charge in [-0.25, -0.2) is 4.79 Å². The zero-order valence-electron chi connectivity index (χ0n) is 15.8. The molecular formula is C20H26N2O6. The van der Waals surface area contributed by atoms with Crippen LogP contribution in [0.2, 0.25) is 0 Å². The van der Waals surface area contributed by atoms with E-state index in [0.29, 0.717) is 42.3 Å². The van der Waals surface area contributed by atoms with Gasteiger partial charge in [0, 0.05) is 13.1 Å². The molecule has 1 amide bonds. The number of benzene rings is 1. The van der Waals surface area contributed by atoms with Gasteiger partial charge in [0.1, 0.15) is 17.7 Å². The Morgan fingerprint density at radius 1 is 1.25 bits per heavy atom. The number of carboxylic acid groups (broad SMARTS) is 1. The summed E-state index contributed by atoms with van der Waals surface area (Å²) in [4.78, 5) is 12.4. The number of amides is 1. The molecule has 1 aliphatic heterocycles. The van der Waals surface area contributed by atoms with Gasteiger partial charge in [-0.05, 0) is 48.9 Å². The highest BCUT2D eigenvalue weighted by molar-refractivity contribution is 5.88. The molecule has 0 bridgehead atoms. The zero-order valence-corrected chi connectivity index (χ0v) is 15.8. The molecule has 4 rings (SSSR count). The number of hydrogen-bond acceptors (Lipinski definition) is 6. The average molecular weight is 390 g/mol. The first-order valence-electron chi connectivity index (χ1n) is 9.88. The van der Waals surface area contributed by atoms with E-state index in [1.165, 1.54) is 4.90 Å². The van der Waals surface area contributed by atoms with Crippen molar-refractivity contribution in [3.8, 4) is 11.6 Å². The third-order valence-corrected chi connectivity index (χ3v) is 5.80. The summed E-state index contributed by atoms with van der Waals surface area (Å²) in [5.74, 6) is 1.24. The molecule has 28 heavy (non-hydrogen) atoms. The fourth-order valence-corrected chi connectivity index (χ4v) is 4.03. The van der Waals surface area contributed by atoms with Crippen LogP contribution in [0.1, 0.15) is 38.5 Å². The number of likely N-dealkylation sites (tertiary alicyclic amines) is 1. The molecular weight excluding hydrogens is 364 g/mol. The first kappa shape index (κ1) is 18.9. The maximum atomic E-state index is 11.0. The minimum Gasteiger partial charge on any atom is -0.490 e. The largest absolute Gasteiger partial charge is 0.490 e. The van der Waals surface area contributed by atoms with E-state index in [-0.39, 0.29) is 12.5 Å². The van der Waals surface area contributed by atoms with Gasteiger partial charge in [-0.2, -0.15) is 0 Å². The van der Waals surface area contributed by atoms with Gasteiger partial charge < -0.3 is 29.1 Å². The Balaban J connectivity index is 1.41. The van der Waals surface area contributed by atoms with Crippen molar-refractivity contribution in [2.24, 2.45) is 5.92 Å². The van der Waals surface area contributed by atoms with Crippen molar-refractivity contribution in [1.29, 1.82) is 0 Å². The molecule has 2 aromatic rings. The Bertz CT molecular complexity index is 821. The van der Waals surface area contributed by atoms with Gasteiger partial charge in [0.2, 0.25) is 0 Å². The molecule has 0 radical (unpaired) electrons. The molecule has 2 fully saturated rings. The number of fused-ring (bicyclic) bond motifs is 1. The van der Waals surface area contributed by atoms with Crippen LogP contribution in [0.25, 0.3) is 11.0 Å². The van der Waals surface area contributed by atoms with E-state index in [9.17, 15) is 9.90 Å². The topological polar surface area (TPSA) is 105 Å². The van der Waals surface area contributed by atoms with Crippen molar-refractivity contribution in [2.45, 2.75) is 44.1 Å². The number of rotatable bonds is 6. The highest BCUT2D eigenvalue weighted by atomic mass is 16.5. The van der Waals surface area contributed by atoms with Gasteiger partial charge in [0.15, 0.2) is 5.58 Å². The van der Waals surface area contributed by atoms with Crippen molar-refractivity contribution >= 4 is 17.1 Å². The van der Waals surface area contributed by atoms with Crippen LogP contribution in [-0.2, 0) is 0 Å². The lowest BCUT2D eigenvalue weighted by atomic mass is 9.98. The second-order valence-corrected chi connectivity index (χ2v) is 7.86. The van der Waals surface area contributed by atoms with Crippen molar-refractivity contribution in [2.75, 3.05) is 26.3 Å². The first-order valence-corrected chi connectivity index (χ1v) is 9.88. The van der Waals surface area contributed by atoms with E-state index in [1.54, 1.807) is 6.07 Å². The van der Waals surface area contributed by atoms with E-state index in [4.69, 9.17) is 19.1 Å². The molecule has 2 aliphatic rings. The molecule has 2 N–H and O–H groups in total. The molecule has 1 saturated heterocycles. The maximum absolute atomic E-state index is 11.0. The SMILES string of the molecule is O=C(O)N1CCC(COc2noc3cccc(OCC4(O)CCCC4)c23)CC1. The van der Waals surface area contributed by atoms with Gasteiger partial charge in [-0.1, -0.05) is 18.9 Å². The molecule has 1 aromatic heterocycles. The Hall–Kier alpha value is -2.48. The molecule has 0 spiro atoms. The van der Waals surface area contributed by atoms with Crippen LogP contribution < -0.4 is 9.47 Å². The number of aromatic nitrogens is 1. The van der Waals surface area contributed by atoms with Crippen molar-refractivity contribution in [3.05, 3.63) is 18.2 Å². The number of piperidine rings is 1. The Kier molecular flexibility index (Phi) is 5.30. The third kappa shape index (κ3) is 4.01. The smallest absolute Gasteiger partial charge is 0.407 e. The number of aliphatic hydroxyl groups is 1. The molecule has 0 unspecified atom stereocenters. The molecule has 8 nitrogen and oxygen atoms in total. The average Bonchev–Trinajstić information content (AvgIpc) is 3.32. The van der Waals surface area contributed by atoms with E-state index in [2.05, 4.69) is 5.16 Å². The van der Waals surface area contributed by atoms with E-state index in [0.717, 1.165) is 38.5 Å². The summed E-state index contributed by atoms with van der Waals surface area (Å²) in [6.07, 6.45) is 4.21. The summed E-state index contributed by atoms with van der Waals surface area (Å²) in [6.45, 7) is 1.74. The fourth-order valence-electron chi connectivity index (χ4n) is 4.03. The second-order valence-electron chi connectivity index (χ2n) is 7.86. The van der Waals surface area contributed by atoms with Crippen LogP contribution in [0.5, 0.6) is 11.6 Å². The van der Waals surface area contributed by atoms with Crippen molar-refractivity contribution < 1.29 is 29.0 Å². The van der Waals surface area contributed by atoms with E-state index >= 15 is 0 Å².